The molecule has 0 aliphatic carbocycles. The lowest BCUT2D eigenvalue weighted by Crippen LogP contribution is -2.29. The molecule has 1 saturated heterocycles. The largest absolute Gasteiger partial charge is 0.381 e. The Morgan fingerprint density at radius 1 is 1.39 bits per heavy atom. The normalized spacial score (nSPS) is 15.5. The monoisotopic (exact) mass is 321 g/mol. The number of amides is 1. The Bertz CT molecular complexity index is 553. The highest BCUT2D eigenvalue weighted by Gasteiger charge is 2.23. The summed E-state index contributed by atoms with van der Waals surface area (Å²) in [6.07, 6.45) is 5.63. The van der Waals surface area contributed by atoms with Crippen LogP contribution in [0.5, 0.6) is 0 Å². The van der Waals surface area contributed by atoms with Gasteiger partial charge in [0.05, 0.1) is 18.2 Å². The summed E-state index contributed by atoms with van der Waals surface area (Å²) in [5.41, 5.74) is 5.50. The van der Waals surface area contributed by atoms with Gasteiger partial charge in [0.2, 0.25) is 0 Å². The molecule has 3 N–H and O–H groups in total. The quantitative estimate of drug-likeness (QED) is 0.399. The zero-order valence-corrected chi connectivity index (χ0v) is 12.5. The molecule has 0 radical (unpaired) electrons. The molecule has 8 nitrogen and oxygen atoms in total. The van der Waals surface area contributed by atoms with Crippen LogP contribution in [0.1, 0.15) is 24.1 Å². The molecule has 1 aromatic heterocycles. The fourth-order valence-electron chi connectivity index (χ4n) is 2.05. The Labute approximate surface area is 133 Å². The molecule has 2 rings (SSSR count). The second kappa shape index (κ2) is 8.99. The average Bonchev–Trinajstić information content (AvgIpc) is 2.61. The van der Waals surface area contributed by atoms with Gasteiger partial charge in [0.25, 0.3) is 5.91 Å². The number of hydrogen-bond donors (Lipinski definition) is 3. The van der Waals surface area contributed by atoms with E-state index in [2.05, 4.69) is 10.5 Å². The molecular formula is C15H19N3O5. The standard InChI is InChI=1S/C15H19N3O5/c19-14(18-21)4-2-11-1-3-13(16-9-11)10-17-23-15(20)12-5-7-22-8-6-12/h1-4,9,12,17,21H,5-8,10H2,(H,18,19). The maximum Gasteiger partial charge on any atom is 0.327 e. The van der Waals surface area contributed by atoms with Gasteiger partial charge in [-0.05, 0) is 30.5 Å². The summed E-state index contributed by atoms with van der Waals surface area (Å²) in [4.78, 5) is 31.8. The van der Waals surface area contributed by atoms with Crippen molar-refractivity contribution < 1.29 is 24.4 Å². The van der Waals surface area contributed by atoms with E-state index in [1.807, 2.05) is 0 Å². The summed E-state index contributed by atoms with van der Waals surface area (Å²) in [6, 6.07) is 3.50. The number of hydroxylamine groups is 2. The Morgan fingerprint density at radius 2 is 2.17 bits per heavy atom. The van der Waals surface area contributed by atoms with Gasteiger partial charge in [0, 0.05) is 25.5 Å². The third kappa shape index (κ3) is 5.78. The van der Waals surface area contributed by atoms with Gasteiger partial charge >= 0.3 is 5.97 Å². The Kier molecular flexibility index (Phi) is 6.67. The summed E-state index contributed by atoms with van der Waals surface area (Å²) in [5.74, 6) is -1.01. The van der Waals surface area contributed by atoms with Crippen molar-refractivity contribution in [2.45, 2.75) is 19.4 Å². The molecule has 23 heavy (non-hydrogen) atoms. The maximum atomic E-state index is 11.8. The molecular weight excluding hydrogens is 302 g/mol. The number of pyridine rings is 1. The van der Waals surface area contributed by atoms with Crippen LogP contribution in [0.4, 0.5) is 0 Å². The smallest absolute Gasteiger partial charge is 0.327 e. The molecule has 8 heteroatoms. The highest BCUT2D eigenvalue weighted by Crippen LogP contribution is 2.15. The molecule has 0 saturated carbocycles. The minimum absolute atomic E-state index is 0.116. The molecule has 124 valence electrons. The van der Waals surface area contributed by atoms with Crippen LogP contribution in [-0.2, 0) is 25.7 Å². The molecule has 0 atom stereocenters. The number of nitrogens with one attached hydrogen (secondary N) is 2. The molecule has 1 amide bonds. The number of hydrogen-bond acceptors (Lipinski definition) is 7. The number of aromatic nitrogens is 1. The van der Waals surface area contributed by atoms with E-state index in [4.69, 9.17) is 14.8 Å². The number of carbonyl (C=O) groups excluding carboxylic acids is 2. The average molecular weight is 321 g/mol. The van der Waals surface area contributed by atoms with Gasteiger partial charge in [-0.1, -0.05) is 6.07 Å². The molecule has 1 aromatic rings. The minimum atomic E-state index is -0.615. The third-order valence-corrected chi connectivity index (χ3v) is 3.37. The first-order valence-electron chi connectivity index (χ1n) is 7.27. The van der Waals surface area contributed by atoms with Crippen molar-refractivity contribution in [1.82, 2.24) is 15.9 Å². The summed E-state index contributed by atoms with van der Waals surface area (Å²) in [7, 11) is 0. The van der Waals surface area contributed by atoms with E-state index < -0.39 is 5.91 Å². The highest BCUT2D eigenvalue weighted by atomic mass is 16.7. The fourth-order valence-corrected chi connectivity index (χ4v) is 2.05. The summed E-state index contributed by atoms with van der Waals surface area (Å²) < 4.78 is 5.19. The lowest BCUT2D eigenvalue weighted by molar-refractivity contribution is -0.159. The van der Waals surface area contributed by atoms with Gasteiger partial charge in [0.1, 0.15) is 0 Å². The van der Waals surface area contributed by atoms with E-state index in [0.29, 0.717) is 37.3 Å². The van der Waals surface area contributed by atoms with Crippen molar-refractivity contribution in [2.75, 3.05) is 13.2 Å². The molecule has 0 unspecified atom stereocenters. The van der Waals surface area contributed by atoms with Crippen LogP contribution in [0.3, 0.4) is 0 Å². The van der Waals surface area contributed by atoms with Gasteiger partial charge in [-0.25, -0.2) is 5.48 Å². The summed E-state index contributed by atoms with van der Waals surface area (Å²) >= 11 is 0. The zero-order valence-electron chi connectivity index (χ0n) is 12.5. The second-order valence-corrected chi connectivity index (χ2v) is 5.02. The first kappa shape index (κ1) is 17.1. The number of carbonyl (C=O) groups is 2. The second-order valence-electron chi connectivity index (χ2n) is 5.02. The Hall–Kier alpha value is -2.29. The van der Waals surface area contributed by atoms with Crippen molar-refractivity contribution in [3.63, 3.8) is 0 Å². The molecule has 1 fully saturated rings. The van der Waals surface area contributed by atoms with Crippen LogP contribution >= 0.6 is 0 Å². The third-order valence-electron chi connectivity index (χ3n) is 3.37. The van der Waals surface area contributed by atoms with Gasteiger partial charge < -0.3 is 9.57 Å². The van der Waals surface area contributed by atoms with Crippen LogP contribution < -0.4 is 11.0 Å². The molecule has 1 aliphatic rings. The van der Waals surface area contributed by atoms with Crippen LogP contribution in [-0.4, -0.2) is 35.3 Å². The van der Waals surface area contributed by atoms with E-state index in [9.17, 15) is 9.59 Å². The van der Waals surface area contributed by atoms with E-state index in [1.165, 1.54) is 17.6 Å². The van der Waals surface area contributed by atoms with E-state index in [-0.39, 0.29) is 18.4 Å². The highest BCUT2D eigenvalue weighted by molar-refractivity contribution is 5.90. The van der Waals surface area contributed by atoms with Gasteiger partial charge in [-0.15, -0.1) is 5.48 Å². The number of rotatable bonds is 6. The summed E-state index contributed by atoms with van der Waals surface area (Å²) in [5, 5.41) is 8.37. The number of nitrogens with zero attached hydrogens (tertiary/aromatic N) is 1. The Morgan fingerprint density at radius 3 is 2.83 bits per heavy atom. The lowest BCUT2D eigenvalue weighted by atomic mass is 10.0. The van der Waals surface area contributed by atoms with Crippen LogP contribution in [0.25, 0.3) is 6.08 Å². The van der Waals surface area contributed by atoms with Gasteiger partial charge in [0.15, 0.2) is 0 Å². The van der Waals surface area contributed by atoms with Crippen molar-refractivity contribution in [3.05, 3.63) is 35.7 Å². The molecule has 0 bridgehead atoms. The van der Waals surface area contributed by atoms with Crippen molar-refractivity contribution in [1.29, 1.82) is 0 Å². The van der Waals surface area contributed by atoms with Crippen LogP contribution in [0.15, 0.2) is 24.4 Å². The maximum absolute atomic E-state index is 11.8. The van der Waals surface area contributed by atoms with Gasteiger partial charge in [-0.2, -0.15) is 0 Å². The van der Waals surface area contributed by atoms with Crippen molar-refractivity contribution in [3.8, 4) is 0 Å². The topological polar surface area (TPSA) is 110 Å². The molecule has 1 aliphatic heterocycles. The van der Waals surface area contributed by atoms with Gasteiger partial charge in [-0.3, -0.25) is 19.8 Å². The fraction of sp³-hybridized carbons (Fsp3) is 0.400. The van der Waals surface area contributed by atoms with E-state index in [0.717, 1.165) is 0 Å². The predicted molar refractivity (Wildman–Crippen MR) is 79.7 cm³/mol. The minimum Gasteiger partial charge on any atom is -0.381 e. The van der Waals surface area contributed by atoms with Crippen molar-refractivity contribution in [2.24, 2.45) is 5.92 Å². The molecule has 0 aromatic carbocycles. The predicted octanol–water partition coefficient (Wildman–Crippen LogP) is 0.575. The zero-order chi connectivity index (χ0) is 16.5. The summed E-state index contributed by atoms with van der Waals surface area (Å²) in [6.45, 7) is 1.46. The SMILES string of the molecule is O=C(C=Cc1ccc(CNOC(=O)C2CCOCC2)nc1)NO. The molecule has 2 heterocycles. The molecule has 0 spiro atoms. The first-order chi connectivity index (χ1) is 11.2. The number of ether oxygens (including phenoxy) is 1. The van der Waals surface area contributed by atoms with Crippen LogP contribution in [0.2, 0.25) is 0 Å². The Balaban J connectivity index is 1.74. The van der Waals surface area contributed by atoms with E-state index >= 15 is 0 Å². The van der Waals surface area contributed by atoms with Crippen LogP contribution in [0, 0.1) is 5.92 Å². The lowest BCUT2D eigenvalue weighted by Gasteiger charge is -2.20. The van der Waals surface area contributed by atoms with Crippen molar-refractivity contribution >= 4 is 18.0 Å². The first-order valence-corrected chi connectivity index (χ1v) is 7.27. The van der Waals surface area contributed by atoms with E-state index in [1.54, 1.807) is 18.3 Å².